The largest absolute Gasteiger partial charge is 0.384 e. The van der Waals surface area contributed by atoms with Gasteiger partial charge in [-0.15, -0.1) is 0 Å². The van der Waals surface area contributed by atoms with E-state index in [0.29, 0.717) is 5.82 Å². The van der Waals surface area contributed by atoms with Crippen molar-refractivity contribution in [2.45, 2.75) is 13.0 Å². The number of likely N-dealkylation sites (tertiary alicyclic amines) is 1. The Morgan fingerprint density at radius 1 is 1.56 bits per heavy atom. The highest BCUT2D eigenvalue weighted by Crippen LogP contribution is 2.17. The number of carbonyl (C=O) groups excluding carboxylic acids is 1. The van der Waals surface area contributed by atoms with Gasteiger partial charge in [0.2, 0.25) is 5.91 Å². The van der Waals surface area contributed by atoms with Gasteiger partial charge < -0.3 is 11.5 Å². The first-order valence-electron chi connectivity index (χ1n) is 5.38. The van der Waals surface area contributed by atoms with Crippen molar-refractivity contribution in [2.75, 3.05) is 18.8 Å². The topological polar surface area (TPSA) is 85.2 Å². The van der Waals surface area contributed by atoms with Gasteiger partial charge in [0.05, 0.1) is 11.6 Å². The van der Waals surface area contributed by atoms with Gasteiger partial charge in [-0.05, 0) is 25.1 Å². The molecule has 1 saturated heterocycles. The third-order valence-electron chi connectivity index (χ3n) is 2.89. The first-order chi connectivity index (χ1) is 7.65. The molecular formula is C11H16N4O. The lowest BCUT2D eigenvalue weighted by Crippen LogP contribution is -2.27. The number of amides is 1. The number of pyridine rings is 1. The number of anilines is 1. The second kappa shape index (κ2) is 4.49. The molecule has 1 unspecified atom stereocenters. The summed E-state index contributed by atoms with van der Waals surface area (Å²) in [7, 11) is 0. The number of nitrogen functional groups attached to an aromatic ring is 1. The molecule has 4 N–H and O–H groups in total. The van der Waals surface area contributed by atoms with E-state index in [1.165, 1.54) is 0 Å². The predicted molar refractivity (Wildman–Crippen MR) is 61.2 cm³/mol. The Balaban J connectivity index is 1.94. The molecule has 0 aliphatic carbocycles. The first kappa shape index (κ1) is 10.9. The second-order valence-electron chi connectivity index (χ2n) is 4.18. The summed E-state index contributed by atoms with van der Waals surface area (Å²) in [5.74, 6) is 0.312. The molecule has 1 aromatic heterocycles. The zero-order chi connectivity index (χ0) is 11.5. The zero-order valence-corrected chi connectivity index (χ0v) is 9.10. The van der Waals surface area contributed by atoms with Gasteiger partial charge in [0.25, 0.3) is 0 Å². The van der Waals surface area contributed by atoms with Crippen molar-refractivity contribution in [3.8, 4) is 0 Å². The predicted octanol–water partition coefficient (Wildman–Crippen LogP) is -0.0290. The molecule has 0 saturated carbocycles. The second-order valence-corrected chi connectivity index (χ2v) is 4.18. The molecule has 1 aliphatic heterocycles. The summed E-state index contributed by atoms with van der Waals surface area (Å²) in [5.41, 5.74) is 11.8. The molecule has 2 heterocycles. The highest BCUT2D eigenvalue weighted by Gasteiger charge is 2.26. The van der Waals surface area contributed by atoms with Crippen LogP contribution in [0.15, 0.2) is 18.2 Å². The van der Waals surface area contributed by atoms with E-state index in [2.05, 4.69) is 9.88 Å². The molecular weight excluding hydrogens is 204 g/mol. The van der Waals surface area contributed by atoms with Crippen LogP contribution in [-0.4, -0.2) is 28.9 Å². The lowest BCUT2D eigenvalue weighted by atomic mass is 10.1. The van der Waals surface area contributed by atoms with Gasteiger partial charge in [-0.2, -0.15) is 0 Å². The molecule has 2 rings (SSSR count). The Kier molecular flexibility index (Phi) is 3.05. The summed E-state index contributed by atoms with van der Waals surface area (Å²) in [6.45, 7) is 2.35. The summed E-state index contributed by atoms with van der Waals surface area (Å²) in [6.07, 6.45) is 0.845. The molecule has 1 amide bonds. The minimum Gasteiger partial charge on any atom is -0.384 e. The Bertz CT molecular complexity index is 393. The molecule has 0 radical (unpaired) electrons. The number of carbonyl (C=O) groups is 1. The number of nitrogens with two attached hydrogens (primary N) is 2. The Labute approximate surface area is 94.4 Å². The van der Waals surface area contributed by atoms with Crippen LogP contribution in [-0.2, 0) is 11.3 Å². The van der Waals surface area contributed by atoms with Crippen LogP contribution < -0.4 is 11.5 Å². The molecule has 1 fully saturated rings. The quantitative estimate of drug-likeness (QED) is 0.749. The van der Waals surface area contributed by atoms with Crippen molar-refractivity contribution < 1.29 is 4.79 Å². The maximum absolute atomic E-state index is 11.0. The SMILES string of the molecule is NC(=O)C1CCN(Cc2cccc(N)n2)C1. The molecule has 0 aromatic carbocycles. The van der Waals surface area contributed by atoms with Crippen LogP contribution in [0.5, 0.6) is 0 Å². The molecule has 86 valence electrons. The van der Waals surface area contributed by atoms with E-state index in [1.807, 2.05) is 12.1 Å². The van der Waals surface area contributed by atoms with Crippen molar-refractivity contribution in [2.24, 2.45) is 11.7 Å². The molecule has 1 aliphatic rings. The minimum atomic E-state index is -0.206. The monoisotopic (exact) mass is 220 g/mol. The lowest BCUT2D eigenvalue weighted by Gasteiger charge is -2.14. The lowest BCUT2D eigenvalue weighted by molar-refractivity contribution is -0.121. The molecule has 1 aromatic rings. The summed E-state index contributed by atoms with van der Waals surface area (Å²) in [6, 6.07) is 5.59. The maximum Gasteiger partial charge on any atom is 0.221 e. The molecule has 1 atom stereocenters. The van der Waals surface area contributed by atoms with E-state index >= 15 is 0 Å². The Hall–Kier alpha value is -1.62. The van der Waals surface area contributed by atoms with E-state index in [1.54, 1.807) is 6.07 Å². The fourth-order valence-electron chi connectivity index (χ4n) is 2.02. The van der Waals surface area contributed by atoms with E-state index in [9.17, 15) is 4.79 Å². The molecule has 0 bridgehead atoms. The highest BCUT2D eigenvalue weighted by atomic mass is 16.1. The first-order valence-corrected chi connectivity index (χ1v) is 5.38. The Morgan fingerprint density at radius 2 is 2.38 bits per heavy atom. The summed E-state index contributed by atoms with van der Waals surface area (Å²) < 4.78 is 0. The number of hydrogen-bond acceptors (Lipinski definition) is 4. The van der Waals surface area contributed by atoms with Gasteiger partial charge in [-0.25, -0.2) is 4.98 Å². The summed E-state index contributed by atoms with van der Waals surface area (Å²) >= 11 is 0. The van der Waals surface area contributed by atoms with E-state index in [4.69, 9.17) is 11.5 Å². The zero-order valence-electron chi connectivity index (χ0n) is 9.10. The van der Waals surface area contributed by atoms with E-state index in [-0.39, 0.29) is 11.8 Å². The number of hydrogen-bond donors (Lipinski definition) is 2. The van der Waals surface area contributed by atoms with Crippen molar-refractivity contribution in [3.05, 3.63) is 23.9 Å². The number of rotatable bonds is 3. The molecule has 5 nitrogen and oxygen atoms in total. The molecule has 0 spiro atoms. The smallest absolute Gasteiger partial charge is 0.221 e. The average molecular weight is 220 g/mol. The van der Waals surface area contributed by atoms with Crippen molar-refractivity contribution in [1.29, 1.82) is 0 Å². The summed E-state index contributed by atoms with van der Waals surface area (Å²) in [4.78, 5) is 17.4. The van der Waals surface area contributed by atoms with Crippen molar-refractivity contribution in [1.82, 2.24) is 9.88 Å². The van der Waals surface area contributed by atoms with Crippen molar-refractivity contribution >= 4 is 11.7 Å². The van der Waals surface area contributed by atoms with Crippen LogP contribution in [0.3, 0.4) is 0 Å². The minimum absolute atomic E-state index is 0.0129. The fraction of sp³-hybridized carbons (Fsp3) is 0.455. The van der Waals surface area contributed by atoms with Gasteiger partial charge in [-0.3, -0.25) is 9.69 Å². The van der Waals surface area contributed by atoms with E-state index in [0.717, 1.165) is 31.7 Å². The summed E-state index contributed by atoms with van der Waals surface area (Å²) in [5, 5.41) is 0. The van der Waals surface area contributed by atoms with Crippen LogP contribution >= 0.6 is 0 Å². The molecule has 16 heavy (non-hydrogen) atoms. The van der Waals surface area contributed by atoms with Gasteiger partial charge in [0.15, 0.2) is 0 Å². The van der Waals surface area contributed by atoms with Crippen molar-refractivity contribution in [3.63, 3.8) is 0 Å². The van der Waals surface area contributed by atoms with Crippen LogP contribution in [0.2, 0.25) is 0 Å². The molecule has 5 heteroatoms. The number of nitrogens with zero attached hydrogens (tertiary/aromatic N) is 2. The van der Waals surface area contributed by atoms with Crippen LogP contribution in [0.4, 0.5) is 5.82 Å². The normalized spacial score (nSPS) is 21.1. The maximum atomic E-state index is 11.0. The van der Waals surface area contributed by atoms with Gasteiger partial charge >= 0.3 is 0 Å². The fourth-order valence-corrected chi connectivity index (χ4v) is 2.02. The van der Waals surface area contributed by atoms with Gasteiger partial charge in [0, 0.05) is 13.1 Å². The van der Waals surface area contributed by atoms with Crippen LogP contribution in [0.1, 0.15) is 12.1 Å². The van der Waals surface area contributed by atoms with Gasteiger partial charge in [-0.1, -0.05) is 6.07 Å². The van der Waals surface area contributed by atoms with E-state index < -0.39 is 0 Å². The Morgan fingerprint density at radius 3 is 3.00 bits per heavy atom. The third kappa shape index (κ3) is 2.49. The van der Waals surface area contributed by atoms with Crippen LogP contribution in [0.25, 0.3) is 0 Å². The van der Waals surface area contributed by atoms with Gasteiger partial charge in [0.1, 0.15) is 5.82 Å². The number of aromatic nitrogens is 1. The standard InChI is InChI=1S/C11H16N4O/c12-10-3-1-2-9(14-10)7-15-5-4-8(6-15)11(13)16/h1-3,8H,4-7H2,(H2,12,14)(H2,13,16). The highest BCUT2D eigenvalue weighted by molar-refractivity contribution is 5.77. The van der Waals surface area contributed by atoms with Crippen LogP contribution in [0, 0.1) is 5.92 Å². The number of primary amides is 1. The third-order valence-corrected chi connectivity index (χ3v) is 2.89. The average Bonchev–Trinajstić information content (AvgIpc) is 2.66.